The van der Waals surface area contributed by atoms with Crippen LogP contribution < -0.4 is 14.8 Å². The first kappa shape index (κ1) is 19.5. The van der Waals surface area contributed by atoms with Crippen LogP contribution in [0, 0.1) is 6.92 Å². The lowest BCUT2D eigenvalue weighted by Crippen LogP contribution is -2.36. The van der Waals surface area contributed by atoms with Gasteiger partial charge in [-0.1, -0.05) is 12.8 Å². The van der Waals surface area contributed by atoms with E-state index in [0.717, 1.165) is 36.4 Å². The second-order valence-electron chi connectivity index (χ2n) is 7.76. The van der Waals surface area contributed by atoms with E-state index in [9.17, 15) is 4.79 Å². The number of nitrogens with zero attached hydrogens (tertiary/aromatic N) is 3. The molecular weight excluding hydrogens is 368 g/mol. The maximum atomic E-state index is 13.2. The van der Waals surface area contributed by atoms with E-state index in [2.05, 4.69) is 15.3 Å². The summed E-state index contributed by atoms with van der Waals surface area (Å²) in [5.74, 6) is 2.70. The van der Waals surface area contributed by atoms with Crippen LogP contribution in [-0.2, 0) is 13.0 Å². The number of carbonyl (C=O) groups excluding carboxylic acids is 1. The molecule has 2 aliphatic rings. The van der Waals surface area contributed by atoms with Crippen LogP contribution in [0.2, 0.25) is 0 Å². The molecule has 0 spiro atoms. The predicted octanol–water partition coefficient (Wildman–Crippen LogP) is 3.36. The average molecular weight is 396 g/mol. The summed E-state index contributed by atoms with van der Waals surface area (Å²) in [5, 5.41) is 3.47. The van der Waals surface area contributed by atoms with Gasteiger partial charge in [0.1, 0.15) is 17.3 Å². The first-order chi connectivity index (χ1) is 14.1. The molecule has 0 saturated heterocycles. The van der Waals surface area contributed by atoms with Gasteiger partial charge in [0, 0.05) is 25.2 Å². The number of methoxy groups -OCH3 is 2. The van der Waals surface area contributed by atoms with Gasteiger partial charge in [0.25, 0.3) is 5.91 Å². The molecule has 2 heterocycles. The molecule has 1 aromatic carbocycles. The lowest BCUT2D eigenvalue weighted by molar-refractivity contribution is 0.0728. The van der Waals surface area contributed by atoms with Gasteiger partial charge in [-0.05, 0) is 49.4 Å². The van der Waals surface area contributed by atoms with Gasteiger partial charge in [-0.15, -0.1) is 0 Å². The fraction of sp³-hybridized carbons (Fsp3) is 0.500. The molecule has 0 bridgehead atoms. The van der Waals surface area contributed by atoms with Crippen LogP contribution >= 0.6 is 0 Å². The Balaban J connectivity index is 1.54. The summed E-state index contributed by atoms with van der Waals surface area (Å²) in [6, 6.07) is 6.20. The van der Waals surface area contributed by atoms with E-state index < -0.39 is 0 Å². The van der Waals surface area contributed by atoms with Crippen molar-refractivity contribution >= 4 is 11.7 Å². The zero-order valence-corrected chi connectivity index (χ0v) is 17.3. The van der Waals surface area contributed by atoms with Crippen LogP contribution in [0.5, 0.6) is 11.5 Å². The Labute approximate surface area is 171 Å². The summed E-state index contributed by atoms with van der Waals surface area (Å²) >= 11 is 0. The Morgan fingerprint density at radius 3 is 2.45 bits per heavy atom. The van der Waals surface area contributed by atoms with Crippen LogP contribution in [0.25, 0.3) is 0 Å². The van der Waals surface area contributed by atoms with Crippen LogP contribution in [0.4, 0.5) is 5.82 Å². The second-order valence-corrected chi connectivity index (χ2v) is 7.76. The number of fused-ring (bicyclic) bond motifs is 1. The fourth-order valence-electron chi connectivity index (χ4n) is 4.25. The molecule has 154 valence electrons. The third kappa shape index (κ3) is 4.13. The minimum absolute atomic E-state index is 0.0644. The lowest BCUT2D eigenvalue weighted by Gasteiger charge is -2.29. The SMILES string of the molecule is COc1cc2c(cc1OC)CN(C(=O)c1cc(NC3CCCC3)nc(C)n1)CC2. The molecule has 0 radical (unpaired) electrons. The van der Waals surface area contributed by atoms with Gasteiger partial charge in [-0.2, -0.15) is 0 Å². The molecule has 0 unspecified atom stereocenters. The van der Waals surface area contributed by atoms with E-state index in [4.69, 9.17) is 9.47 Å². The molecule has 1 aliphatic carbocycles. The van der Waals surface area contributed by atoms with Crippen molar-refractivity contribution in [3.8, 4) is 11.5 Å². The first-order valence-corrected chi connectivity index (χ1v) is 10.2. The largest absolute Gasteiger partial charge is 0.493 e. The molecular formula is C22H28N4O3. The maximum Gasteiger partial charge on any atom is 0.272 e. The first-order valence-electron chi connectivity index (χ1n) is 10.2. The van der Waals surface area contributed by atoms with Gasteiger partial charge in [0.2, 0.25) is 0 Å². The van der Waals surface area contributed by atoms with Crippen LogP contribution in [-0.4, -0.2) is 47.6 Å². The summed E-state index contributed by atoms with van der Waals surface area (Å²) in [6.45, 7) is 3.01. The Bertz CT molecular complexity index is 909. The van der Waals surface area contributed by atoms with E-state index in [1.54, 1.807) is 20.3 Å². The summed E-state index contributed by atoms with van der Waals surface area (Å²) in [4.78, 5) is 23.9. The molecule has 1 fully saturated rings. The lowest BCUT2D eigenvalue weighted by atomic mass is 9.98. The van der Waals surface area contributed by atoms with Crippen LogP contribution in [0.1, 0.15) is 53.1 Å². The number of nitrogens with one attached hydrogen (secondary N) is 1. The average Bonchev–Trinajstić information content (AvgIpc) is 3.24. The van der Waals surface area contributed by atoms with Crippen molar-refractivity contribution in [2.24, 2.45) is 0 Å². The fourth-order valence-corrected chi connectivity index (χ4v) is 4.25. The topological polar surface area (TPSA) is 76.6 Å². The summed E-state index contributed by atoms with van der Waals surface area (Å²) in [5.41, 5.74) is 2.72. The zero-order chi connectivity index (χ0) is 20.4. The van der Waals surface area contributed by atoms with Gasteiger partial charge in [0.15, 0.2) is 11.5 Å². The number of amides is 1. The molecule has 29 heavy (non-hydrogen) atoms. The smallest absolute Gasteiger partial charge is 0.272 e. The third-order valence-corrected chi connectivity index (χ3v) is 5.77. The van der Waals surface area contributed by atoms with Crippen molar-refractivity contribution in [1.29, 1.82) is 0 Å². The van der Waals surface area contributed by atoms with Gasteiger partial charge in [0.05, 0.1) is 14.2 Å². The number of aryl methyl sites for hydroxylation is 1. The number of rotatable bonds is 5. The summed E-state index contributed by atoms with van der Waals surface area (Å²) in [6.07, 6.45) is 5.57. The summed E-state index contributed by atoms with van der Waals surface area (Å²) < 4.78 is 10.8. The van der Waals surface area contributed by atoms with Crippen LogP contribution in [0.3, 0.4) is 0 Å². The number of hydrogen-bond donors (Lipinski definition) is 1. The van der Waals surface area contributed by atoms with Crippen molar-refractivity contribution in [3.05, 3.63) is 40.8 Å². The zero-order valence-electron chi connectivity index (χ0n) is 17.3. The van der Waals surface area contributed by atoms with Gasteiger partial charge in [-0.25, -0.2) is 9.97 Å². The van der Waals surface area contributed by atoms with Crippen molar-refractivity contribution in [2.75, 3.05) is 26.1 Å². The maximum absolute atomic E-state index is 13.2. The van der Waals surface area contributed by atoms with Crippen LogP contribution in [0.15, 0.2) is 18.2 Å². The molecule has 1 aliphatic heterocycles. The molecule has 1 amide bonds. The molecule has 7 heteroatoms. The summed E-state index contributed by atoms with van der Waals surface area (Å²) in [7, 11) is 3.26. The molecule has 1 aromatic heterocycles. The number of carbonyl (C=O) groups is 1. The predicted molar refractivity (Wildman–Crippen MR) is 111 cm³/mol. The monoisotopic (exact) mass is 396 g/mol. The van der Waals surface area contributed by atoms with E-state index in [-0.39, 0.29) is 5.91 Å². The van der Waals surface area contributed by atoms with Crippen molar-refractivity contribution < 1.29 is 14.3 Å². The third-order valence-electron chi connectivity index (χ3n) is 5.77. The number of hydrogen-bond acceptors (Lipinski definition) is 6. The number of aromatic nitrogens is 2. The van der Waals surface area contributed by atoms with E-state index >= 15 is 0 Å². The van der Waals surface area contributed by atoms with Gasteiger partial charge in [-0.3, -0.25) is 4.79 Å². The highest BCUT2D eigenvalue weighted by atomic mass is 16.5. The number of benzene rings is 1. The highest BCUT2D eigenvalue weighted by Gasteiger charge is 2.25. The van der Waals surface area contributed by atoms with Gasteiger partial charge >= 0.3 is 0 Å². The Morgan fingerprint density at radius 2 is 1.76 bits per heavy atom. The Kier molecular flexibility index (Phi) is 5.56. The molecule has 0 atom stereocenters. The minimum atomic E-state index is -0.0644. The molecule has 1 N–H and O–H groups in total. The van der Waals surface area contributed by atoms with Crippen molar-refractivity contribution in [3.63, 3.8) is 0 Å². The number of ether oxygens (including phenoxy) is 2. The van der Waals surface area contributed by atoms with Crippen molar-refractivity contribution in [2.45, 2.75) is 51.6 Å². The Hall–Kier alpha value is -2.83. The minimum Gasteiger partial charge on any atom is -0.493 e. The molecule has 7 nitrogen and oxygen atoms in total. The van der Waals surface area contributed by atoms with E-state index in [1.165, 1.54) is 18.4 Å². The quantitative estimate of drug-likeness (QED) is 0.835. The van der Waals surface area contributed by atoms with Gasteiger partial charge < -0.3 is 19.7 Å². The van der Waals surface area contributed by atoms with Crippen molar-refractivity contribution in [1.82, 2.24) is 14.9 Å². The standard InChI is InChI=1S/C22H28N4O3/c1-14-23-18(12-21(24-14)25-17-6-4-5-7-17)22(27)26-9-8-15-10-19(28-2)20(29-3)11-16(15)13-26/h10-12,17H,4-9,13H2,1-3H3,(H,23,24,25). The molecule has 2 aromatic rings. The highest BCUT2D eigenvalue weighted by Crippen LogP contribution is 2.33. The Morgan fingerprint density at radius 1 is 1.07 bits per heavy atom. The highest BCUT2D eigenvalue weighted by molar-refractivity contribution is 5.93. The van der Waals surface area contributed by atoms with E-state index in [1.807, 2.05) is 24.0 Å². The second kappa shape index (κ2) is 8.27. The van der Waals surface area contributed by atoms with E-state index in [0.29, 0.717) is 36.4 Å². The number of anilines is 1. The molecule has 4 rings (SSSR count). The normalized spacial score (nSPS) is 16.4. The molecule has 1 saturated carbocycles.